The van der Waals surface area contributed by atoms with Crippen molar-refractivity contribution >= 4 is 11.9 Å². The van der Waals surface area contributed by atoms with Gasteiger partial charge in [0.15, 0.2) is 0 Å². The molecular weight excluding hydrogens is 268 g/mol. The summed E-state index contributed by atoms with van der Waals surface area (Å²) in [5.41, 5.74) is 1.42. The summed E-state index contributed by atoms with van der Waals surface area (Å²) in [5, 5.41) is 12.4. The van der Waals surface area contributed by atoms with Crippen LogP contribution in [0.3, 0.4) is 0 Å². The van der Waals surface area contributed by atoms with Crippen LogP contribution in [0.5, 0.6) is 0 Å². The predicted molar refractivity (Wildman–Crippen MR) is 78.9 cm³/mol. The van der Waals surface area contributed by atoms with Gasteiger partial charge in [-0.2, -0.15) is 5.26 Å². The zero-order valence-electron chi connectivity index (χ0n) is 12.4. The third kappa shape index (κ3) is 3.85. The van der Waals surface area contributed by atoms with E-state index in [1.54, 1.807) is 17.9 Å². The molecule has 6 nitrogen and oxygen atoms in total. The number of hydrogen-bond acceptors (Lipinski definition) is 5. The standard InChI is InChI=1S/C15H20N4O2/c1-3-21-15(20)19-8-6-13(7-9-19)18-14-12(10-16)5-4-11(2)17-14/h4-5,13H,3,6-9H2,1-2H3,(H,17,18). The molecule has 2 rings (SSSR count). The molecule has 0 unspecified atom stereocenters. The molecule has 1 aliphatic rings. The van der Waals surface area contributed by atoms with E-state index in [9.17, 15) is 4.79 Å². The fourth-order valence-electron chi connectivity index (χ4n) is 2.37. The maximum Gasteiger partial charge on any atom is 0.409 e. The quantitative estimate of drug-likeness (QED) is 0.923. The summed E-state index contributed by atoms with van der Waals surface area (Å²) < 4.78 is 5.00. The van der Waals surface area contributed by atoms with Crippen LogP contribution in [-0.2, 0) is 4.74 Å². The Morgan fingerprint density at radius 2 is 2.24 bits per heavy atom. The molecule has 0 aromatic carbocycles. The Morgan fingerprint density at radius 3 is 2.86 bits per heavy atom. The highest BCUT2D eigenvalue weighted by molar-refractivity contribution is 5.67. The number of nitrogens with zero attached hydrogens (tertiary/aromatic N) is 3. The van der Waals surface area contributed by atoms with Crippen LogP contribution in [0.15, 0.2) is 12.1 Å². The molecule has 1 fully saturated rings. The number of aromatic nitrogens is 1. The molecule has 0 spiro atoms. The predicted octanol–water partition coefficient (Wildman–Crippen LogP) is 2.29. The molecule has 0 aliphatic carbocycles. The highest BCUT2D eigenvalue weighted by atomic mass is 16.6. The molecule has 1 aliphatic heterocycles. The second-order valence-electron chi connectivity index (χ2n) is 5.07. The van der Waals surface area contributed by atoms with E-state index in [0.717, 1.165) is 18.5 Å². The number of piperidine rings is 1. The van der Waals surface area contributed by atoms with E-state index in [-0.39, 0.29) is 12.1 Å². The average Bonchev–Trinajstić information content (AvgIpc) is 2.48. The zero-order valence-corrected chi connectivity index (χ0v) is 12.4. The lowest BCUT2D eigenvalue weighted by Gasteiger charge is -2.32. The van der Waals surface area contributed by atoms with Gasteiger partial charge in [-0.05, 0) is 38.8 Å². The van der Waals surface area contributed by atoms with E-state index in [4.69, 9.17) is 10.00 Å². The lowest BCUT2D eigenvalue weighted by molar-refractivity contribution is 0.0983. The van der Waals surface area contributed by atoms with Gasteiger partial charge in [0, 0.05) is 24.8 Å². The topological polar surface area (TPSA) is 78.2 Å². The van der Waals surface area contributed by atoms with Crippen LogP contribution < -0.4 is 5.32 Å². The summed E-state index contributed by atoms with van der Waals surface area (Å²) >= 11 is 0. The normalized spacial score (nSPS) is 15.4. The third-order valence-corrected chi connectivity index (χ3v) is 3.52. The number of anilines is 1. The highest BCUT2D eigenvalue weighted by Crippen LogP contribution is 2.19. The van der Waals surface area contributed by atoms with E-state index in [0.29, 0.717) is 31.1 Å². The van der Waals surface area contributed by atoms with Crippen LogP contribution in [0, 0.1) is 18.3 Å². The second kappa shape index (κ2) is 6.93. The molecule has 0 saturated carbocycles. The summed E-state index contributed by atoms with van der Waals surface area (Å²) in [6, 6.07) is 5.97. The van der Waals surface area contributed by atoms with Crippen LogP contribution in [0.4, 0.5) is 10.6 Å². The van der Waals surface area contributed by atoms with Gasteiger partial charge in [0.1, 0.15) is 11.9 Å². The van der Waals surface area contributed by atoms with Crippen molar-refractivity contribution in [3.8, 4) is 6.07 Å². The monoisotopic (exact) mass is 288 g/mol. The minimum Gasteiger partial charge on any atom is -0.450 e. The summed E-state index contributed by atoms with van der Waals surface area (Å²) in [4.78, 5) is 17.7. The second-order valence-corrected chi connectivity index (χ2v) is 5.07. The molecule has 0 atom stereocenters. The summed E-state index contributed by atoms with van der Waals surface area (Å²) in [6.45, 7) is 5.42. The Labute approximate surface area is 124 Å². The first-order valence-electron chi connectivity index (χ1n) is 7.20. The van der Waals surface area contributed by atoms with Crippen molar-refractivity contribution < 1.29 is 9.53 Å². The number of likely N-dealkylation sites (tertiary alicyclic amines) is 1. The van der Waals surface area contributed by atoms with Gasteiger partial charge in [0.2, 0.25) is 0 Å². The van der Waals surface area contributed by atoms with E-state index in [1.807, 2.05) is 13.0 Å². The van der Waals surface area contributed by atoms with Crippen LogP contribution in [-0.4, -0.2) is 41.7 Å². The van der Waals surface area contributed by atoms with E-state index >= 15 is 0 Å². The van der Waals surface area contributed by atoms with E-state index in [1.165, 1.54) is 0 Å². The van der Waals surface area contributed by atoms with Crippen molar-refractivity contribution in [1.29, 1.82) is 5.26 Å². The Balaban J connectivity index is 1.94. The van der Waals surface area contributed by atoms with Crippen molar-refractivity contribution in [2.75, 3.05) is 25.0 Å². The number of hydrogen-bond donors (Lipinski definition) is 1. The summed E-state index contributed by atoms with van der Waals surface area (Å²) in [5.74, 6) is 0.632. The molecule has 0 radical (unpaired) electrons. The number of nitriles is 1. The molecular formula is C15H20N4O2. The number of pyridine rings is 1. The van der Waals surface area contributed by atoms with Crippen LogP contribution in [0.1, 0.15) is 31.0 Å². The fourth-order valence-corrected chi connectivity index (χ4v) is 2.37. The smallest absolute Gasteiger partial charge is 0.409 e. The lowest BCUT2D eigenvalue weighted by Crippen LogP contribution is -2.42. The van der Waals surface area contributed by atoms with E-state index in [2.05, 4.69) is 16.4 Å². The fraction of sp³-hybridized carbons (Fsp3) is 0.533. The van der Waals surface area contributed by atoms with Crippen molar-refractivity contribution in [2.45, 2.75) is 32.7 Å². The van der Waals surface area contributed by atoms with Gasteiger partial charge in [-0.25, -0.2) is 9.78 Å². The minimum atomic E-state index is -0.248. The minimum absolute atomic E-state index is 0.220. The highest BCUT2D eigenvalue weighted by Gasteiger charge is 2.24. The number of carbonyl (C=O) groups excluding carboxylic acids is 1. The van der Waals surface area contributed by atoms with Crippen LogP contribution in [0.2, 0.25) is 0 Å². The van der Waals surface area contributed by atoms with Gasteiger partial charge in [0.25, 0.3) is 0 Å². The number of rotatable bonds is 3. The number of carbonyl (C=O) groups is 1. The van der Waals surface area contributed by atoms with Gasteiger partial charge in [-0.1, -0.05) is 0 Å². The molecule has 0 bridgehead atoms. The molecule has 1 N–H and O–H groups in total. The Morgan fingerprint density at radius 1 is 1.52 bits per heavy atom. The molecule has 1 saturated heterocycles. The number of amides is 1. The van der Waals surface area contributed by atoms with E-state index < -0.39 is 0 Å². The zero-order chi connectivity index (χ0) is 15.2. The molecule has 1 aromatic heterocycles. The maximum atomic E-state index is 11.6. The number of aryl methyl sites for hydroxylation is 1. The average molecular weight is 288 g/mol. The molecule has 6 heteroatoms. The first kappa shape index (κ1) is 15.1. The Bertz CT molecular complexity index is 545. The number of ether oxygens (including phenoxy) is 1. The molecule has 112 valence electrons. The van der Waals surface area contributed by atoms with Crippen molar-refractivity contribution in [3.05, 3.63) is 23.4 Å². The van der Waals surface area contributed by atoms with Gasteiger partial charge in [0.05, 0.1) is 12.2 Å². The van der Waals surface area contributed by atoms with Crippen molar-refractivity contribution in [2.24, 2.45) is 0 Å². The van der Waals surface area contributed by atoms with Gasteiger partial charge in [-0.15, -0.1) is 0 Å². The van der Waals surface area contributed by atoms with Gasteiger partial charge >= 0.3 is 6.09 Å². The van der Waals surface area contributed by atoms with Crippen molar-refractivity contribution in [1.82, 2.24) is 9.88 Å². The first-order valence-corrected chi connectivity index (χ1v) is 7.20. The molecule has 2 heterocycles. The SMILES string of the molecule is CCOC(=O)N1CCC(Nc2nc(C)ccc2C#N)CC1. The Hall–Kier alpha value is -2.29. The summed E-state index contributed by atoms with van der Waals surface area (Å²) in [7, 11) is 0. The van der Waals surface area contributed by atoms with Gasteiger partial charge < -0.3 is 15.0 Å². The van der Waals surface area contributed by atoms with Crippen LogP contribution in [0.25, 0.3) is 0 Å². The third-order valence-electron chi connectivity index (χ3n) is 3.52. The van der Waals surface area contributed by atoms with Crippen LogP contribution >= 0.6 is 0 Å². The molecule has 21 heavy (non-hydrogen) atoms. The molecule has 1 aromatic rings. The lowest BCUT2D eigenvalue weighted by atomic mass is 10.1. The largest absolute Gasteiger partial charge is 0.450 e. The Kier molecular flexibility index (Phi) is 4.99. The molecule has 1 amide bonds. The summed E-state index contributed by atoms with van der Waals surface area (Å²) in [6.07, 6.45) is 1.39. The van der Waals surface area contributed by atoms with Crippen molar-refractivity contribution in [3.63, 3.8) is 0 Å². The maximum absolute atomic E-state index is 11.6. The van der Waals surface area contributed by atoms with Gasteiger partial charge in [-0.3, -0.25) is 0 Å². The number of nitrogens with one attached hydrogen (secondary N) is 1. The first-order chi connectivity index (χ1) is 10.1.